The van der Waals surface area contributed by atoms with Crippen molar-refractivity contribution < 1.29 is 4.79 Å². The van der Waals surface area contributed by atoms with Crippen LogP contribution >= 0.6 is 0 Å². The van der Waals surface area contributed by atoms with Gasteiger partial charge in [-0.3, -0.25) is 0 Å². The maximum atomic E-state index is 10.8. The fraction of sp³-hybridized carbons (Fsp3) is 0. The Kier molecular flexibility index (Phi) is 2.68. The highest BCUT2D eigenvalue weighted by Crippen LogP contribution is 2.25. The number of rotatable bonds is 2. The molecular weight excluding hydrogens is 238 g/mol. The van der Waals surface area contributed by atoms with E-state index < -0.39 is 6.03 Å². The van der Waals surface area contributed by atoms with E-state index in [1.54, 1.807) is 0 Å². The lowest BCUT2D eigenvalue weighted by atomic mass is 10.1. The number of hydrogen-bond acceptors (Lipinski definition) is 1. The van der Waals surface area contributed by atoms with Gasteiger partial charge in [-0.1, -0.05) is 36.4 Å². The zero-order valence-corrected chi connectivity index (χ0v) is 10.2. The second-order valence-electron chi connectivity index (χ2n) is 4.34. The Balaban J connectivity index is 2.04. The summed E-state index contributed by atoms with van der Waals surface area (Å²) in [5.74, 6) is 0. The maximum absolute atomic E-state index is 10.8. The number of carbonyl (C=O) groups excluding carboxylic acids is 1. The van der Waals surface area contributed by atoms with E-state index in [4.69, 9.17) is 5.73 Å². The van der Waals surface area contributed by atoms with E-state index in [2.05, 4.69) is 16.4 Å². The molecule has 19 heavy (non-hydrogen) atoms. The molecule has 0 unspecified atom stereocenters. The van der Waals surface area contributed by atoms with Crippen LogP contribution in [0.1, 0.15) is 0 Å². The highest BCUT2D eigenvalue weighted by atomic mass is 16.2. The summed E-state index contributed by atoms with van der Waals surface area (Å²) < 4.78 is 0. The van der Waals surface area contributed by atoms with Crippen LogP contribution in [0.4, 0.5) is 10.5 Å². The van der Waals surface area contributed by atoms with Crippen LogP contribution in [-0.4, -0.2) is 11.0 Å². The third-order valence-electron chi connectivity index (χ3n) is 2.97. The summed E-state index contributed by atoms with van der Waals surface area (Å²) in [6, 6.07) is 17.3. The van der Waals surface area contributed by atoms with E-state index in [0.29, 0.717) is 5.69 Å². The van der Waals surface area contributed by atoms with E-state index in [1.807, 2.05) is 48.5 Å². The number of amides is 2. The van der Waals surface area contributed by atoms with Gasteiger partial charge in [-0.25, -0.2) is 4.79 Å². The van der Waals surface area contributed by atoms with Crippen molar-refractivity contribution in [2.75, 3.05) is 5.32 Å². The lowest BCUT2D eigenvalue weighted by Gasteiger charge is -2.00. The molecule has 0 radical (unpaired) electrons. The minimum atomic E-state index is -0.561. The number of urea groups is 1. The minimum Gasteiger partial charge on any atom is -0.354 e. The predicted molar refractivity (Wildman–Crippen MR) is 76.9 cm³/mol. The third-order valence-corrected chi connectivity index (χ3v) is 2.97. The first kappa shape index (κ1) is 11.3. The molecule has 0 spiro atoms. The van der Waals surface area contributed by atoms with Gasteiger partial charge in [0, 0.05) is 22.3 Å². The van der Waals surface area contributed by atoms with Crippen molar-refractivity contribution in [3.63, 3.8) is 0 Å². The Hall–Kier alpha value is -2.75. The standard InChI is InChI=1S/C15H13N3O/c16-15(19)17-12-7-6-11-8-13(18-14(11)9-12)10-4-2-1-3-5-10/h1-9,18H,(H3,16,17,19). The smallest absolute Gasteiger partial charge is 0.316 e. The van der Waals surface area contributed by atoms with Crippen molar-refractivity contribution in [3.8, 4) is 11.3 Å². The molecule has 4 N–H and O–H groups in total. The SMILES string of the molecule is NC(=O)Nc1ccc2cc(-c3ccccc3)[nH]c2c1. The fourth-order valence-corrected chi connectivity index (χ4v) is 2.12. The lowest BCUT2D eigenvalue weighted by Crippen LogP contribution is -2.19. The molecule has 2 amide bonds. The number of aromatic nitrogens is 1. The monoisotopic (exact) mass is 251 g/mol. The quantitative estimate of drug-likeness (QED) is 0.642. The minimum absolute atomic E-state index is 0.561. The van der Waals surface area contributed by atoms with Gasteiger partial charge in [0.2, 0.25) is 0 Å². The number of anilines is 1. The number of carbonyl (C=O) groups is 1. The number of benzene rings is 2. The summed E-state index contributed by atoms with van der Waals surface area (Å²) >= 11 is 0. The second kappa shape index (κ2) is 4.49. The van der Waals surface area contributed by atoms with E-state index in [1.165, 1.54) is 0 Å². The zero-order valence-electron chi connectivity index (χ0n) is 10.2. The van der Waals surface area contributed by atoms with Gasteiger partial charge >= 0.3 is 6.03 Å². The van der Waals surface area contributed by atoms with Crippen LogP contribution in [0, 0.1) is 0 Å². The molecule has 1 aromatic heterocycles. The average Bonchev–Trinajstić information content (AvgIpc) is 2.82. The molecule has 0 aliphatic carbocycles. The molecule has 94 valence electrons. The first-order valence-electron chi connectivity index (χ1n) is 5.97. The van der Waals surface area contributed by atoms with Gasteiger partial charge in [0.15, 0.2) is 0 Å². The Morgan fingerprint density at radius 1 is 1.05 bits per heavy atom. The van der Waals surface area contributed by atoms with Gasteiger partial charge in [0.05, 0.1) is 0 Å². The fourth-order valence-electron chi connectivity index (χ4n) is 2.12. The topological polar surface area (TPSA) is 70.9 Å². The van der Waals surface area contributed by atoms with E-state index in [-0.39, 0.29) is 0 Å². The van der Waals surface area contributed by atoms with Gasteiger partial charge in [-0.15, -0.1) is 0 Å². The van der Waals surface area contributed by atoms with Crippen LogP contribution in [-0.2, 0) is 0 Å². The molecule has 4 nitrogen and oxygen atoms in total. The molecule has 1 heterocycles. The summed E-state index contributed by atoms with van der Waals surface area (Å²) in [5, 5.41) is 3.66. The van der Waals surface area contributed by atoms with Crippen molar-refractivity contribution in [2.24, 2.45) is 5.73 Å². The van der Waals surface area contributed by atoms with Gasteiger partial charge in [-0.2, -0.15) is 0 Å². The van der Waals surface area contributed by atoms with Crippen molar-refractivity contribution in [3.05, 3.63) is 54.6 Å². The largest absolute Gasteiger partial charge is 0.354 e. The molecule has 0 saturated carbocycles. The van der Waals surface area contributed by atoms with E-state index >= 15 is 0 Å². The number of nitrogens with two attached hydrogens (primary N) is 1. The first-order chi connectivity index (χ1) is 9.22. The third kappa shape index (κ3) is 2.28. The van der Waals surface area contributed by atoms with Crippen LogP contribution in [0.5, 0.6) is 0 Å². The number of aromatic amines is 1. The maximum Gasteiger partial charge on any atom is 0.316 e. The average molecular weight is 251 g/mol. The molecule has 3 aromatic rings. The summed E-state index contributed by atoms with van der Waals surface area (Å²) in [7, 11) is 0. The molecule has 0 saturated heterocycles. The van der Waals surface area contributed by atoms with Crippen molar-refractivity contribution in [2.45, 2.75) is 0 Å². The number of primary amides is 1. The number of hydrogen-bond donors (Lipinski definition) is 3. The highest BCUT2D eigenvalue weighted by molar-refractivity contribution is 5.93. The van der Waals surface area contributed by atoms with Crippen molar-refractivity contribution in [1.82, 2.24) is 4.98 Å². The van der Waals surface area contributed by atoms with Gasteiger partial charge in [0.25, 0.3) is 0 Å². The predicted octanol–water partition coefficient (Wildman–Crippen LogP) is 3.33. The summed E-state index contributed by atoms with van der Waals surface area (Å²) in [4.78, 5) is 14.2. The molecule has 0 aliphatic heterocycles. The van der Waals surface area contributed by atoms with Crippen molar-refractivity contribution >= 4 is 22.6 Å². The van der Waals surface area contributed by atoms with E-state index in [0.717, 1.165) is 22.2 Å². The van der Waals surface area contributed by atoms with E-state index in [9.17, 15) is 4.79 Å². The molecule has 4 heteroatoms. The van der Waals surface area contributed by atoms with Crippen LogP contribution < -0.4 is 11.1 Å². The van der Waals surface area contributed by atoms with Crippen LogP contribution in [0.25, 0.3) is 22.2 Å². The Labute approximate surface area is 110 Å². The molecule has 0 atom stereocenters. The summed E-state index contributed by atoms with van der Waals surface area (Å²) in [6.45, 7) is 0. The summed E-state index contributed by atoms with van der Waals surface area (Å²) in [5.41, 5.74) is 8.93. The summed E-state index contributed by atoms with van der Waals surface area (Å²) in [6.07, 6.45) is 0. The van der Waals surface area contributed by atoms with Crippen LogP contribution in [0.2, 0.25) is 0 Å². The number of fused-ring (bicyclic) bond motifs is 1. The van der Waals surface area contributed by atoms with Crippen molar-refractivity contribution in [1.29, 1.82) is 0 Å². The number of nitrogens with one attached hydrogen (secondary N) is 2. The highest BCUT2D eigenvalue weighted by Gasteiger charge is 2.04. The van der Waals surface area contributed by atoms with Crippen LogP contribution in [0.15, 0.2) is 54.6 Å². The molecule has 0 bridgehead atoms. The Morgan fingerprint density at radius 3 is 2.58 bits per heavy atom. The zero-order chi connectivity index (χ0) is 13.2. The molecular formula is C15H13N3O. The molecule has 2 aromatic carbocycles. The molecule has 3 rings (SSSR count). The lowest BCUT2D eigenvalue weighted by molar-refractivity contribution is 0.259. The normalized spacial score (nSPS) is 10.5. The first-order valence-corrected chi connectivity index (χ1v) is 5.97. The van der Waals surface area contributed by atoms with Gasteiger partial charge < -0.3 is 16.0 Å². The Morgan fingerprint density at radius 2 is 1.84 bits per heavy atom. The second-order valence-corrected chi connectivity index (χ2v) is 4.34. The van der Waals surface area contributed by atoms with Gasteiger partial charge in [0.1, 0.15) is 0 Å². The molecule has 0 fully saturated rings. The van der Waals surface area contributed by atoms with Crippen LogP contribution in [0.3, 0.4) is 0 Å². The number of H-pyrrole nitrogens is 1. The Bertz CT molecular complexity index is 731. The molecule has 0 aliphatic rings. The van der Waals surface area contributed by atoms with Gasteiger partial charge in [-0.05, 0) is 23.8 Å².